The van der Waals surface area contributed by atoms with Gasteiger partial charge in [-0.1, -0.05) is 30.0 Å². The van der Waals surface area contributed by atoms with E-state index in [9.17, 15) is 9.59 Å². The predicted molar refractivity (Wildman–Crippen MR) is 116 cm³/mol. The van der Waals surface area contributed by atoms with Crippen molar-refractivity contribution < 1.29 is 14.3 Å². The molecule has 0 radical (unpaired) electrons. The first-order valence-corrected chi connectivity index (χ1v) is 10.1. The zero-order valence-corrected chi connectivity index (χ0v) is 16.8. The lowest BCUT2D eigenvalue weighted by molar-refractivity contribution is -0.115. The average molecular weight is 422 g/mol. The molecule has 0 aliphatic carbocycles. The molecule has 1 N–H and O–H groups in total. The summed E-state index contributed by atoms with van der Waals surface area (Å²) in [6.07, 6.45) is 2.44. The molecule has 0 spiro atoms. The molecule has 4 rings (SSSR count). The van der Waals surface area contributed by atoms with Crippen molar-refractivity contribution >= 4 is 51.9 Å². The van der Waals surface area contributed by atoms with Crippen LogP contribution < -0.4 is 15.0 Å². The zero-order valence-electron chi connectivity index (χ0n) is 15.2. The number of fused-ring (bicyclic) bond motifs is 1. The Morgan fingerprint density at radius 3 is 2.76 bits per heavy atom. The van der Waals surface area contributed by atoms with Gasteiger partial charge in [-0.05, 0) is 54.5 Å². The Hall–Kier alpha value is -3.15. The van der Waals surface area contributed by atoms with E-state index in [1.807, 2.05) is 18.2 Å². The van der Waals surface area contributed by atoms with E-state index in [-0.39, 0.29) is 11.8 Å². The van der Waals surface area contributed by atoms with Crippen LogP contribution in [-0.2, 0) is 4.79 Å². The van der Waals surface area contributed by atoms with Crippen LogP contribution in [0.15, 0.2) is 47.4 Å². The van der Waals surface area contributed by atoms with Crippen molar-refractivity contribution in [2.45, 2.75) is 6.42 Å². The highest BCUT2D eigenvalue weighted by molar-refractivity contribution is 8.26. The van der Waals surface area contributed by atoms with Gasteiger partial charge in [0, 0.05) is 12.1 Å². The number of thiocarbonyl (C=S) groups is 1. The molecule has 2 aliphatic rings. The number of hydrogen-bond acceptors (Lipinski definition) is 6. The number of ether oxygens (including phenoxy) is 1. The largest absolute Gasteiger partial charge is 0.491 e. The van der Waals surface area contributed by atoms with E-state index in [0.29, 0.717) is 51.4 Å². The van der Waals surface area contributed by atoms with Gasteiger partial charge in [0.05, 0.1) is 28.8 Å². The molecular weight excluding hydrogens is 406 g/mol. The summed E-state index contributed by atoms with van der Waals surface area (Å²) < 4.78 is 6.23. The summed E-state index contributed by atoms with van der Waals surface area (Å²) >= 11 is 6.24. The van der Waals surface area contributed by atoms with Gasteiger partial charge < -0.3 is 15.0 Å². The van der Waals surface area contributed by atoms with Gasteiger partial charge in [0.25, 0.3) is 11.8 Å². The van der Waals surface area contributed by atoms with Gasteiger partial charge in [0.1, 0.15) is 10.1 Å². The Balaban J connectivity index is 1.70. The number of amides is 2. The van der Waals surface area contributed by atoms with Crippen LogP contribution in [0, 0.1) is 11.3 Å². The highest BCUT2D eigenvalue weighted by Crippen LogP contribution is 2.35. The lowest BCUT2D eigenvalue weighted by atomic mass is 10.1. The molecule has 0 unspecified atom stereocenters. The summed E-state index contributed by atoms with van der Waals surface area (Å²) in [6, 6.07) is 14.1. The van der Waals surface area contributed by atoms with Crippen molar-refractivity contribution in [2.75, 3.05) is 18.1 Å². The fraction of sp³-hybridized carbons (Fsp3) is 0.143. The maximum atomic E-state index is 13.2. The number of thioether (sulfide) groups is 1. The van der Waals surface area contributed by atoms with Crippen LogP contribution in [-0.4, -0.2) is 29.3 Å². The normalized spacial score (nSPS) is 17.2. The molecule has 2 aromatic carbocycles. The van der Waals surface area contributed by atoms with Crippen LogP contribution in [0.3, 0.4) is 0 Å². The fourth-order valence-corrected chi connectivity index (χ4v) is 4.15. The van der Waals surface area contributed by atoms with Crippen molar-refractivity contribution in [3.05, 3.63) is 64.1 Å². The molecule has 2 aromatic rings. The Kier molecular flexibility index (Phi) is 5.34. The second kappa shape index (κ2) is 8.07. The van der Waals surface area contributed by atoms with Crippen LogP contribution in [0.25, 0.3) is 6.08 Å². The summed E-state index contributed by atoms with van der Waals surface area (Å²) in [4.78, 5) is 27.3. The zero-order chi connectivity index (χ0) is 20.4. The van der Waals surface area contributed by atoms with Gasteiger partial charge in [0.2, 0.25) is 0 Å². The van der Waals surface area contributed by atoms with Gasteiger partial charge in [-0.25, -0.2) is 0 Å². The summed E-state index contributed by atoms with van der Waals surface area (Å²) in [7, 11) is 0. The number of benzene rings is 2. The van der Waals surface area contributed by atoms with Gasteiger partial charge in [-0.3, -0.25) is 9.59 Å². The summed E-state index contributed by atoms with van der Waals surface area (Å²) in [6.45, 7) is 1.02. The molecule has 1 fully saturated rings. The molecule has 2 heterocycles. The van der Waals surface area contributed by atoms with E-state index in [0.717, 1.165) is 5.56 Å². The third-order valence-corrected chi connectivity index (χ3v) is 5.67. The number of nitrogens with zero attached hydrogens (tertiary/aromatic N) is 2. The van der Waals surface area contributed by atoms with Gasteiger partial charge in [-0.2, -0.15) is 5.26 Å². The van der Waals surface area contributed by atoms with E-state index in [2.05, 4.69) is 11.4 Å². The maximum Gasteiger partial charge on any atom is 0.263 e. The highest BCUT2D eigenvalue weighted by Gasteiger charge is 2.25. The molecule has 2 amide bonds. The van der Waals surface area contributed by atoms with Crippen molar-refractivity contribution in [1.29, 1.82) is 5.26 Å². The van der Waals surface area contributed by atoms with Crippen molar-refractivity contribution in [1.82, 2.24) is 5.32 Å². The first kappa shape index (κ1) is 19.2. The molecule has 8 heteroatoms. The van der Waals surface area contributed by atoms with Crippen LogP contribution in [0.2, 0.25) is 0 Å². The van der Waals surface area contributed by atoms with Crippen molar-refractivity contribution in [3.63, 3.8) is 0 Å². The minimum absolute atomic E-state index is 0.166. The summed E-state index contributed by atoms with van der Waals surface area (Å²) in [5, 5.41) is 11.6. The molecule has 6 nitrogen and oxygen atoms in total. The Bertz CT molecular complexity index is 1090. The van der Waals surface area contributed by atoms with E-state index < -0.39 is 0 Å². The summed E-state index contributed by atoms with van der Waals surface area (Å²) in [5.41, 5.74) is 2.42. The first-order valence-electron chi connectivity index (χ1n) is 8.89. The summed E-state index contributed by atoms with van der Waals surface area (Å²) in [5.74, 6) is 0.225. The smallest absolute Gasteiger partial charge is 0.263 e. The van der Waals surface area contributed by atoms with E-state index in [4.69, 9.17) is 22.2 Å². The Labute approximate surface area is 177 Å². The molecule has 29 heavy (non-hydrogen) atoms. The number of nitrogens with one attached hydrogen (secondary N) is 1. The standard InChI is InChI=1S/C21H15N3O3S2/c22-12-13-2-5-15(6-3-13)20(26)24-8-1-9-27-17-7-4-14(10-16(17)24)11-18-19(25)23-21(28)29-18/h2-7,10-11H,1,8-9H2,(H,23,25,28). The number of carbonyl (C=O) groups excluding carboxylic acids is 2. The second-order valence-electron chi connectivity index (χ2n) is 6.43. The Morgan fingerprint density at radius 2 is 2.07 bits per heavy atom. The lowest BCUT2D eigenvalue weighted by Crippen LogP contribution is -2.31. The highest BCUT2D eigenvalue weighted by atomic mass is 32.2. The Morgan fingerprint density at radius 1 is 1.28 bits per heavy atom. The lowest BCUT2D eigenvalue weighted by Gasteiger charge is -2.22. The minimum atomic E-state index is -0.225. The van der Waals surface area contributed by atoms with Crippen LogP contribution in [0.1, 0.15) is 27.9 Å². The monoisotopic (exact) mass is 421 g/mol. The van der Waals surface area contributed by atoms with E-state index in [1.165, 1.54) is 11.8 Å². The average Bonchev–Trinajstić information content (AvgIpc) is 2.92. The maximum absolute atomic E-state index is 13.2. The molecule has 0 bridgehead atoms. The second-order valence-corrected chi connectivity index (χ2v) is 8.15. The predicted octanol–water partition coefficient (Wildman–Crippen LogP) is 3.48. The minimum Gasteiger partial charge on any atom is -0.491 e. The molecule has 0 aromatic heterocycles. The molecule has 2 aliphatic heterocycles. The number of carbonyl (C=O) groups is 2. The van der Waals surface area contributed by atoms with E-state index >= 15 is 0 Å². The van der Waals surface area contributed by atoms with Gasteiger partial charge in [-0.15, -0.1) is 0 Å². The third-order valence-electron chi connectivity index (χ3n) is 4.50. The topological polar surface area (TPSA) is 82.4 Å². The van der Waals surface area contributed by atoms with Gasteiger partial charge in [0.15, 0.2) is 0 Å². The van der Waals surface area contributed by atoms with Crippen molar-refractivity contribution in [2.24, 2.45) is 0 Å². The number of nitriles is 1. The molecular formula is C21H15N3O3S2. The third kappa shape index (κ3) is 4.01. The quantitative estimate of drug-likeness (QED) is 0.591. The van der Waals surface area contributed by atoms with E-state index in [1.54, 1.807) is 35.2 Å². The first-order chi connectivity index (χ1) is 14.0. The number of anilines is 1. The molecule has 0 saturated carbocycles. The van der Waals surface area contributed by atoms with Crippen LogP contribution in [0.5, 0.6) is 5.75 Å². The molecule has 144 valence electrons. The number of hydrogen-bond donors (Lipinski definition) is 1. The van der Waals surface area contributed by atoms with Gasteiger partial charge >= 0.3 is 0 Å². The van der Waals surface area contributed by atoms with Crippen LogP contribution in [0.4, 0.5) is 5.69 Å². The fourth-order valence-electron chi connectivity index (χ4n) is 3.11. The molecule has 0 atom stereocenters. The number of rotatable bonds is 2. The molecule has 1 saturated heterocycles. The van der Waals surface area contributed by atoms with Crippen molar-refractivity contribution in [3.8, 4) is 11.8 Å². The SMILES string of the molecule is N#Cc1ccc(C(=O)N2CCCOc3ccc(C=C4SC(=S)NC4=O)cc32)cc1. The van der Waals surface area contributed by atoms with Crippen LogP contribution >= 0.6 is 24.0 Å².